The number of rotatable bonds is 1. The zero-order valence-corrected chi connectivity index (χ0v) is 9.33. The van der Waals surface area contributed by atoms with Gasteiger partial charge in [0.15, 0.2) is 10.8 Å². The van der Waals surface area contributed by atoms with Crippen molar-refractivity contribution in [3.63, 3.8) is 0 Å². The van der Waals surface area contributed by atoms with Gasteiger partial charge in [-0.25, -0.2) is 4.98 Å². The van der Waals surface area contributed by atoms with Crippen LogP contribution < -0.4 is 11.1 Å². The van der Waals surface area contributed by atoms with Crippen LogP contribution in [0, 0.1) is 0 Å². The Hall–Kier alpha value is -0.710. The van der Waals surface area contributed by atoms with Crippen LogP contribution in [0.5, 0.6) is 0 Å². The van der Waals surface area contributed by atoms with Crippen molar-refractivity contribution in [2.24, 2.45) is 0 Å². The minimum atomic E-state index is -0.472. The van der Waals surface area contributed by atoms with E-state index in [-0.39, 0.29) is 26.6 Å². The number of hydrogen-bond donors (Lipinski definition) is 2. The number of nitrogens with one attached hydrogen (secondary N) is 1. The molecule has 0 aliphatic rings. The molecule has 0 bridgehead atoms. The smallest absolute Gasteiger partial charge is 0.271 e. The molecule has 1 aromatic rings. The summed E-state index contributed by atoms with van der Waals surface area (Å²) in [6, 6.07) is 0. The molecule has 1 rings (SSSR count). The van der Waals surface area contributed by atoms with Crippen LogP contribution in [0.3, 0.4) is 0 Å². The summed E-state index contributed by atoms with van der Waals surface area (Å²) in [5.41, 5.74) is 5.52. The Morgan fingerprint density at radius 1 is 1.36 bits per heavy atom. The number of nitrogens with two attached hydrogens (primary N) is 1. The molecule has 3 N–H and O–H groups in total. The average molecular weight is 255 g/mol. The molecular weight excluding hydrogens is 248 g/mol. The van der Waals surface area contributed by atoms with Crippen molar-refractivity contribution in [3.8, 4) is 0 Å². The van der Waals surface area contributed by atoms with E-state index < -0.39 is 5.91 Å². The zero-order chi connectivity index (χ0) is 10.9. The number of anilines is 1. The summed E-state index contributed by atoms with van der Waals surface area (Å²) in [5, 5.41) is 2.35. The number of aromatic nitrogens is 1. The molecule has 0 saturated heterocycles. The van der Waals surface area contributed by atoms with Gasteiger partial charge >= 0.3 is 0 Å². The average Bonchev–Trinajstić information content (AvgIpc) is 2.19. The van der Waals surface area contributed by atoms with Crippen LogP contribution in [0.1, 0.15) is 10.5 Å². The normalized spacial score (nSPS) is 10.0. The van der Waals surface area contributed by atoms with Crippen LogP contribution in [0.4, 0.5) is 5.69 Å². The van der Waals surface area contributed by atoms with E-state index in [1.54, 1.807) is 0 Å². The summed E-state index contributed by atoms with van der Waals surface area (Å²) < 4.78 is 0. The summed E-state index contributed by atoms with van der Waals surface area (Å²) in [6.07, 6.45) is 0. The van der Waals surface area contributed by atoms with Crippen molar-refractivity contribution in [1.29, 1.82) is 0 Å². The highest BCUT2D eigenvalue weighted by molar-refractivity contribution is 6.46. The van der Waals surface area contributed by atoms with Gasteiger partial charge in [-0.1, -0.05) is 34.8 Å². The Morgan fingerprint density at radius 3 is 2.43 bits per heavy atom. The number of carbonyl (C=O) groups excluding carboxylic acids is 1. The predicted octanol–water partition coefficient (Wildman–Crippen LogP) is 1.98. The Labute approximate surface area is 95.3 Å². The highest BCUT2D eigenvalue weighted by Gasteiger charge is 2.18. The first-order valence-electron chi connectivity index (χ1n) is 3.51. The third-order valence-electron chi connectivity index (χ3n) is 1.51. The van der Waals surface area contributed by atoms with Crippen molar-refractivity contribution < 1.29 is 4.79 Å². The van der Waals surface area contributed by atoms with Gasteiger partial charge in [-0.15, -0.1) is 0 Å². The third-order valence-corrected chi connectivity index (χ3v) is 2.65. The molecule has 0 spiro atoms. The van der Waals surface area contributed by atoms with Gasteiger partial charge in [0, 0.05) is 7.05 Å². The lowest BCUT2D eigenvalue weighted by molar-refractivity contribution is 0.0958. The Kier molecular flexibility index (Phi) is 3.42. The van der Waals surface area contributed by atoms with E-state index in [2.05, 4.69) is 10.3 Å². The van der Waals surface area contributed by atoms with E-state index in [4.69, 9.17) is 40.5 Å². The summed E-state index contributed by atoms with van der Waals surface area (Å²) in [5.74, 6) is -0.472. The van der Waals surface area contributed by atoms with Gasteiger partial charge in [0.2, 0.25) is 0 Å². The first-order valence-corrected chi connectivity index (χ1v) is 4.64. The lowest BCUT2D eigenvalue weighted by Gasteiger charge is -2.07. The van der Waals surface area contributed by atoms with E-state index in [1.807, 2.05) is 0 Å². The Bertz CT molecular complexity index is 394. The topological polar surface area (TPSA) is 68.0 Å². The van der Waals surface area contributed by atoms with Gasteiger partial charge in [0.05, 0.1) is 10.7 Å². The van der Waals surface area contributed by atoms with E-state index in [0.717, 1.165) is 0 Å². The number of nitrogens with zero attached hydrogens (tertiary/aromatic N) is 1. The van der Waals surface area contributed by atoms with E-state index >= 15 is 0 Å². The number of halogens is 3. The predicted molar refractivity (Wildman–Crippen MR) is 57.1 cm³/mol. The molecule has 0 radical (unpaired) electrons. The van der Waals surface area contributed by atoms with Gasteiger partial charge in [-0.05, 0) is 0 Å². The lowest BCUT2D eigenvalue weighted by Crippen LogP contribution is -2.20. The summed E-state index contributed by atoms with van der Waals surface area (Å²) in [6.45, 7) is 0. The first-order chi connectivity index (χ1) is 6.49. The molecule has 0 aromatic carbocycles. The molecule has 0 fully saturated rings. The standard InChI is InChI=1S/C7H6Cl3N3O/c1-12-7(14)5-2(8)4(11)3(9)6(10)13-5/h1H3,(H2,11,13)(H,12,14). The fraction of sp³-hybridized carbons (Fsp3) is 0.143. The minimum absolute atomic E-state index is 0.00116. The first kappa shape index (κ1) is 11.4. The van der Waals surface area contributed by atoms with Crippen molar-refractivity contribution in [3.05, 3.63) is 20.9 Å². The maximum absolute atomic E-state index is 11.2. The van der Waals surface area contributed by atoms with Crippen LogP contribution in [-0.2, 0) is 0 Å². The van der Waals surface area contributed by atoms with Crippen molar-refractivity contribution in [2.75, 3.05) is 12.8 Å². The number of carbonyl (C=O) groups is 1. The maximum atomic E-state index is 11.2. The molecule has 1 amide bonds. The van der Waals surface area contributed by atoms with Crippen LogP contribution in [-0.4, -0.2) is 17.9 Å². The second kappa shape index (κ2) is 4.21. The van der Waals surface area contributed by atoms with Crippen LogP contribution in [0.15, 0.2) is 0 Å². The number of hydrogen-bond acceptors (Lipinski definition) is 3. The molecule has 0 atom stereocenters. The number of pyridine rings is 1. The second-order valence-electron chi connectivity index (χ2n) is 2.37. The fourth-order valence-corrected chi connectivity index (χ4v) is 1.39. The molecule has 1 aromatic heterocycles. The van der Waals surface area contributed by atoms with Crippen LogP contribution >= 0.6 is 34.8 Å². The molecular formula is C7H6Cl3N3O. The van der Waals surface area contributed by atoms with Crippen molar-refractivity contribution in [1.82, 2.24) is 10.3 Å². The summed E-state index contributed by atoms with van der Waals surface area (Å²) >= 11 is 17.1. The number of nitrogen functional groups attached to an aromatic ring is 1. The highest BCUT2D eigenvalue weighted by Crippen LogP contribution is 2.34. The quantitative estimate of drug-likeness (QED) is 0.753. The number of amides is 1. The molecule has 4 nitrogen and oxygen atoms in total. The molecule has 76 valence electrons. The van der Waals surface area contributed by atoms with Gasteiger partial charge in [-0.2, -0.15) is 0 Å². The van der Waals surface area contributed by atoms with Crippen molar-refractivity contribution >= 4 is 46.4 Å². The molecule has 14 heavy (non-hydrogen) atoms. The molecule has 7 heteroatoms. The molecule has 0 aliphatic carbocycles. The lowest BCUT2D eigenvalue weighted by atomic mass is 10.3. The van der Waals surface area contributed by atoms with Crippen LogP contribution in [0.25, 0.3) is 0 Å². The third kappa shape index (κ3) is 1.87. The summed E-state index contributed by atoms with van der Waals surface area (Å²) in [7, 11) is 1.44. The molecule has 1 heterocycles. The monoisotopic (exact) mass is 253 g/mol. The Balaban J connectivity index is 3.40. The molecule has 0 unspecified atom stereocenters. The largest absolute Gasteiger partial charge is 0.396 e. The van der Waals surface area contributed by atoms with E-state index in [9.17, 15) is 4.79 Å². The van der Waals surface area contributed by atoms with Gasteiger partial charge in [-0.3, -0.25) is 4.79 Å². The fourth-order valence-electron chi connectivity index (χ4n) is 0.800. The van der Waals surface area contributed by atoms with Gasteiger partial charge in [0.25, 0.3) is 5.91 Å². The SMILES string of the molecule is CNC(=O)c1nc(Cl)c(Cl)c(N)c1Cl. The second-order valence-corrected chi connectivity index (χ2v) is 3.49. The van der Waals surface area contributed by atoms with Crippen LogP contribution in [0.2, 0.25) is 15.2 Å². The van der Waals surface area contributed by atoms with E-state index in [1.165, 1.54) is 7.05 Å². The van der Waals surface area contributed by atoms with Crippen molar-refractivity contribution in [2.45, 2.75) is 0 Å². The van der Waals surface area contributed by atoms with E-state index in [0.29, 0.717) is 0 Å². The maximum Gasteiger partial charge on any atom is 0.271 e. The summed E-state index contributed by atoms with van der Waals surface area (Å²) in [4.78, 5) is 14.9. The van der Waals surface area contributed by atoms with Gasteiger partial charge in [0.1, 0.15) is 5.02 Å². The molecule has 0 saturated carbocycles. The molecule has 0 aliphatic heterocycles. The Morgan fingerprint density at radius 2 is 1.93 bits per heavy atom. The van der Waals surface area contributed by atoms with Gasteiger partial charge < -0.3 is 11.1 Å². The minimum Gasteiger partial charge on any atom is -0.396 e. The highest BCUT2D eigenvalue weighted by atomic mass is 35.5. The zero-order valence-electron chi connectivity index (χ0n) is 7.07.